The van der Waals surface area contributed by atoms with Crippen LogP contribution in [-0.4, -0.2) is 21.5 Å². The molecule has 4 aromatic rings. The van der Waals surface area contributed by atoms with Crippen LogP contribution in [0.1, 0.15) is 45.7 Å². The second-order valence-corrected chi connectivity index (χ2v) is 10.2. The van der Waals surface area contributed by atoms with Gasteiger partial charge in [0, 0.05) is 17.3 Å². The van der Waals surface area contributed by atoms with Gasteiger partial charge in [-0.05, 0) is 40.8 Å². The molecular formula is C23H27N5S. The average Bonchev–Trinajstić information content (AvgIpc) is 3.04. The zero-order valence-corrected chi connectivity index (χ0v) is 18.4. The summed E-state index contributed by atoms with van der Waals surface area (Å²) in [6.45, 7) is 11.8. The summed E-state index contributed by atoms with van der Waals surface area (Å²) < 4.78 is 1.12. The molecule has 2 heterocycles. The molecule has 3 N–H and O–H groups in total. The van der Waals surface area contributed by atoms with Crippen molar-refractivity contribution in [3.05, 3.63) is 53.9 Å². The number of aromatic nitrogens is 3. The van der Waals surface area contributed by atoms with Crippen LogP contribution >= 0.6 is 11.3 Å². The number of fused-ring (bicyclic) bond motifs is 2. The van der Waals surface area contributed by atoms with Crippen LogP contribution in [0.15, 0.2) is 42.7 Å². The van der Waals surface area contributed by atoms with Gasteiger partial charge in [-0.2, -0.15) is 0 Å². The van der Waals surface area contributed by atoms with Crippen molar-refractivity contribution in [3.63, 3.8) is 0 Å². The fourth-order valence-electron chi connectivity index (χ4n) is 3.44. The molecule has 0 bridgehead atoms. The number of thiazole rings is 1. The van der Waals surface area contributed by atoms with Gasteiger partial charge < -0.3 is 11.1 Å². The van der Waals surface area contributed by atoms with Gasteiger partial charge in [-0.3, -0.25) is 0 Å². The van der Waals surface area contributed by atoms with Gasteiger partial charge in [0.25, 0.3) is 0 Å². The molecule has 0 aliphatic heterocycles. The van der Waals surface area contributed by atoms with Crippen LogP contribution in [0.4, 0.5) is 10.9 Å². The average molecular weight is 406 g/mol. The molecule has 6 heteroatoms. The van der Waals surface area contributed by atoms with Crippen LogP contribution in [0.2, 0.25) is 0 Å². The molecule has 4 rings (SSSR count). The molecule has 29 heavy (non-hydrogen) atoms. The number of rotatable bonds is 4. The van der Waals surface area contributed by atoms with Crippen LogP contribution in [-0.2, 0) is 10.8 Å². The van der Waals surface area contributed by atoms with Crippen molar-refractivity contribution in [2.24, 2.45) is 0 Å². The Hall–Kier alpha value is -2.73. The van der Waals surface area contributed by atoms with E-state index in [1.54, 1.807) is 6.33 Å². The Labute approximate surface area is 175 Å². The first-order valence-electron chi connectivity index (χ1n) is 9.79. The fraction of sp³-hybridized carbons (Fsp3) is 0.348. The minimum absolute atomic E-state index is 0.0748. The van der Waals surface area contributed by atoms with Gasteiger partial charge in [-0.1, -0.05) is 58.1 Å². The molecule has 5 nitrogen and oxygen atoms in total. The van der Waals surface area contributed by atoms with Crippen molar-refractivity contribution in [3.8, 4) is 0 Å². The van der Waals surface area contributed by atoms with E-state index in [9.17, 15) is 0 Å². The highest BCUT2D eigenvalue weighted by molar-refractivity contribution is 7.22. The summed E-state index contributed by atoms with van der Waals surface area (Å²) in [5.41, 5.74) is 10.2. The van der Waals surface area contributed by atoms with E-state index < -0.39 is 0 Å². The summed E-state index contributed by atoms with van der Waals surface area (Å²) in [5, 5.41) is 5.23. The Morgan fingerprint density at radius 1 is 0.931 bits per heavy atom. The van der Waals surface area contributed by atoms with Crippen molar-refractivity contribution < 1.29 is 0 Å². The van der Waals surface area contributed by atoms with E-state index in [1.807, 2.05) is 0 Å². The number of nitrogens with one attached hydrogen (secondary N) is 1. The maximum absolute atomic E-state index is 5.86. The smallest absolute Gasteiger partial charge is 0.181 e. The topological polar surface area (TPSA) is 76.7 Å². The van der Waals surface area contributed by atoms with E-state index in [1.165, 1.54) is 22.5 Å². The first kappa shape index (κ1) is 19.6. The van der Waals surface area contributed by atoms with Crippen LogP contribution in [0.5, 0.6) is 0 Å². The summed E-state index contributed by atoms with van der Waals surface area (Å²) in [5.74, 6) is 0.869. The number of hydrogen-bond acceptors (Lipinski definition) is 6. The summed E-state index contributed by atoms with van der Waals surface area (Å²) >= 11 is 1.52. The van der Waals surface area contributed by atoms with Crippen LogP contribution < -0.4 is 11.1 Å². The Kier molecular flexibility index (Phi) is 4.69. The molecule has 0 radical (unpaired) electrons. The lowest BCUT2D eigenvalue weighted by Crippen LogP contribution is -2.28. The molecule has 0 amide bonds. The van der Waals surface area contributed by atoms with Gasteiger partial charge >= 0.3 is 0 Å². The van der Waals surface area contributed by atoms with E-state index in [4.69, 9.17) is 5.73 Å². The molecule has 0 aliphatic carbocycles. The highest BCUT2D eigenvalue weighted by Gasteiger charge is 2.22. The van der Waals surface area contributed by atoms with Gasteiger partial charge in [-0.25, -0.2) is 15.0 Å². The zero-order chi connectivity index (χ0) is 20.8. The Morgan fingerprint density at radius 3 is 2.45 bits per heavy atom. The molecule has 0 spiro atoms. The number of hydrogen-bond donors (Lipinski definition) is 2. The fourth-order valence-corrected chi connectivity index (χ4v) is 4.15. The molecule has 2 aromatic heterocycles. The van der Waals surface area contributed by atoms with E-state index in [2.05, 4.69) is 91.3 Å². The van der Waals surface area contributed by atoms with E-state index in [0.717, 1.165) is 33.5 Å². The van der Waals surface area contributed by atoms with E-state index in [-0.39, 0.29) is 10.8 Å². The molecule has 150 valence electrons. The predicted octanol–water partition coefficient (Wildman–Crippen LogP) is 5.51. The van der Waals surface area contributed by atoms with Gasteiger partial charge in [0.1, 0.15) is 12.1 Å². The highest BCUT2D eigenvalue weighted by atomic mass is 32.1. The predicted molar refractivity (Wildman–Crippen MR) is 124 cm³/mol. The summed E-state index contributed by atoms with van der Waals surface area (Å²) in [6, 6.07) is 12.8. The minimum atomic E-state index is -0.106. The molecule has 0 saturated heterocycles. The maximum Gasteiger partial charge on any atom is 0.181 e. The Morgan fingerprint density at radius 2 is 1.69 bits per heavy atom. The number of anilines is 2. The lowest BCUT2D eigenvalue weighted by atomic mass is 9.84. The lowest BCUT2D eigenvalue weighted by molar-refractivity contribution is 0.557. The van der Waals surface area contributed by atoms with Crippen LogP contribution in [0, 0.1) is 0 Å². The first-order valence-corrected chi connectivity index (χ1v) is 10.6. The SMILES string of the molecule is CC(C)(C)c1ccc2ncnc(NCC(C)(C)c3ccc4sc(N)nc4c3)c2c1. The van der Waals surface area contributed by atoms with Gasteiger partial charge in [0.2, 0.25) is 0 Å². The molecule has 0 fully saturated rings. The second-order valence-electron chi connectivity index (χ2n) is 9.18. The molecular weight excluding hydrogens is 378 g/mol. The van der Waals surface area contributed by atoms with Gasteiger partial charge in [-0.15, -0.1) is 0 Å². The number of nitrogens with two attached hydrogens (primary N) is 1. The number of benzene rings is 2. The normalized spacial score (nSPS) is 12.6. The molecule has 0 aliphatic rings. The highest BCUT2D eigenvalue weighted by Crippen LogP contribution is 2.32. The molecule has 0 atom stereocenters. The maximum atomic E-state index is 5.86. The lowest BCUT2D eigenvalue weighted by Gasteiger charge is -2.26. The third-order valence-corrected chi connectivity index (χ3v) is 6.25. The monoisotopic (exact) mass is 405 g/mol. The quantitative estimate of drug-likeness (QED) is 0.468. The molecule has 0 saturated carbocycles. The first-order chi connectivity index (χ1) is 13.6. The van der Waals surface area contributed by atoms with Gasteiger partial charge in [0.05, 0.1) is 15.7 Å². The van der Waals surface area contributed by atoms with Crippen molar-refractivity contribution in [2.45, 2.75) is 45.4 Å². The van der Waals surface area contributed by atoms with E-state index >= 15 is 0 Å². The van der Waals surface area contributed by atoms with Crippen molar-refractivity contribution in [1.29, 1.82) is 0 Å². The van der Waals surface area contributed by atoms with Crippen LogP contribution in [0.3, 0.4) is 0 Å². The van der Waals surface area contributed by atoms with E-state index in [0.29, 0.717) is 5.13 Å². The Balaban J connectivity index is 1.63. The largest absolute Gasteiger partial charge is 0.375 e. The second kappa shape index (κ2) is 6.95. The number of nitrogens with zero attached hydrogens (tertiary/aromatic N) is 3. The standard InChI is InChI=1S/C23H27N5S/c1-22(2,3)14-6-8-17-16(10-14)20(27-13-26-17)25-12-23(4,5)15-7-9-19-18(11-15)28-21(24)29-19/h6-11,13H,12H2,1-5H3,(H2,24,28)(H,25,26,27). The molecule has 2 aromatic carbocycles. The van der Waals surface area contributed by atoms with Crippen LogP contribution in [0.25, 0.3) is 21.1 Å². The molecule has 0 unspecified atom stereocenters. The summed E-state index contributed by atoms with van der Waals surface area (Å²) in [4.78, 5) is 13.4. The zero-order valence-electron chi connectivity index (χ0n) is 17.6. The summed E-state index contributed by atoms with van der Waals surface area (Å²) in [6.07, 6.45) is 1.62. The number of nitrogen functional groups attached to an aromatic ring is 1. The summed E-state index contributed by atoms with van der Waals surface area (Å²) in [7, 11) is 0. The van der Waals surface area contributed by atoms with Crippen molar-refractivity contribution in [1.82, 2.24) is 15.0 Å². The Bertz CT molecular complexity index is 1190. The minimum Gasteiger partial charge on any atom is -0.375 e. The van der Waals surface area contributed by atoms with Gasteiger partial charge in [0.15, 0.2) is 5.13 Å². The third kappa shape index (κ3) is 3.90. The van der Waals surface area contributed by atoms with Crippen molar-refractivity contribution >= 4 is 43.4 Å². The third-order valence-electron chi connectivity index (χ3n) is 5.38. The van der Waals surface area contributed by atoms with Crippen molar-refractivity contribution in [2.75, 3.05) is 17.6 Å².